The molecule has 0 aromatic heterocycles. The first kappa shape index (κ1) is 16.4. The van der Waals surface area contributed by atoms with Crippen molar-refractivity contribution in [3.05, 3.63) is 59.2 Å². The molecule has 0 saturated heterocycles. The Labute approximate surface area is 132 Å². The zero-order valence-corrected chi connectivity index (χ0v) is 13.1. The van der Waals surface area contributed by atoms with Gasteiger partial charge in [-0.15, -0.1) is 0 Å². The molecular formula is C19H24O3. The van der Waals surface area contributed by atoms with E-state index in [1.54, 1.807) is 12.1 Å². The lowest BCUT2D eigenvalue weighted by Gasteiger charge is -2.08. The minimum Gasteiger partial charge on any atom is -0.508 e. The Balaban J connectivity index is 1.87. The fraction of sp³-hybridized carbons (Fsp3) is 0.368. The van der Waals surface area contributed by atoms with Crippen LogP contribution in [0.4, 0.5) is 0 Å². The van der Waals surface area contributed by atoms with Gasteiger partial charge in [-0.2, -0.15) is 0 Å². The van der Waals surface area contributed by atoms with Gasteiger partial charge >= 0.3 is 0 Å². The highest BCUT2D eigenvalue weighted by molar-refractivity contribution is 5.36. The zero-order chi connectivity index (χ0) is 15.8. The van der Waals surface area contributed by atoms with Gasteiger partial charge in [-0.05, 0) is 48.6 Å². The predicted octanol–water partition coefficient (Wildman–Crippen LogP) is 3.85. The third-order valence-electron chi connectivity index (χ3n) is 3.71. The van der Waals surface area contributed by atoms with Crippen LogP contribution in [0.1, 0.15) is 36.5 Å². The summed E-state index contributed by atoms with van der Waals surface area (Å²) in [7, 11) is 0. The lowest BCUT2D eigenvalue weighted by molar-refractivity contribution is 0.275. The number of aliphatic hydroxyl groups excluding tert-OH is 1. The van der Waals surface area contributed by atoms with E-state index >= 15 is 0 Å². The molecule has 0 radical (unpaired) electrons. The van der Waals surface area contributed by atoms with Gasteiger partial charge in [-0.1, -0.05) is 37.6 Å². The first-order valence-corrected chi connectivity index (χ1v) is 7.86. The number of unbranched alkanes of at least 4 members (excludes halogenated alkanes) is 1. The van der Waals surface area contributed by atoms with Gasteiger partial charge < -0.3 is 14.9 Å². The van der Waals surface area contributed by atoms with Crippen LogP contribution in [-0.2, 0) is 19.4 Å². The molecule has 3 nitrogen and oxygen atoms in total. The number of aliphatic hydroxyl groups is 1. The third-order valence-corrected chi connectivity index (χ3v) is 3.71. The van der Waals surface area contributed by atoms with Crippen molar-refractivity contribution >= 4 is 0 Å². The quantitative estimate of drug-likeness (QED) is 0.728. The molecule has 0 amide bonds. The molecule has 0 aliphatic carbocycles. The van der Waals surface area contributed by atoms with Gasteiger partial charge in [0.2, 0.25) is 0 Å². The summed E-state index contributed by atoms with van der Waals surface area (Å²) in [4.78, 5) is 0. The Morgan fingerprint density at radius 3 is 2.27 bits per heavy atom. The van der Waals surface area contributed by atoms with E-state index in [0.29, 0.717) is 5.56 Å². The average Bonchev–Trinajstić information content (AvgIpc) is 2.54. The molecule has 0 unspecified atom stereocenters. The van der Waals surface area contributed by atoms with E-state index in [4.69, 9.17) is 9.84 Å². The Kier molecular flexibility index (Phi) is 6.28. The number of aromatic hydroxyl groups is 1. The highest BCUT2D eigenvalue weighted by Gasteiger charge is 2.02. The molecule has 2 rings (SSSR count). The highest BCUT2D eigenvalue weighted by atomic mass is 16.5. The molecular weight excluding hydrogens is 276 g/mol. The van der Waals surface area contributed by atoms with Crippen molar-refractivity contribution in [3.8, 4) is 11.5 Å². The molecule has 0 bridgehead atoms. The number of hydrogen-bond acceptors (Lipinski definition) is 3. The van der Waals surface area contributed by atoms with Crippen molar-refractivity contribution in [1.82, 2.24) is 0 Å². The van der Waals surface area contributed by atoms with Crippen LogP contribution < -0.4 is 4.74 Å². The van der Waals surface area contributed by atoms with E-state index < -0.39 is 0 Å². The molecule has 0 atom stereocenters. The Morgan fingerprint density at radius 2 is 1.64 bits per heavy atom. The van der Waals surface area contributed by atoms with E-state index in [9.17, 15) is 5.11 Å². The predicted molar refractivity (Wildman–Crippen MR) is 88.3 cm³/mol. The van der Waals surface area contributed by atoms with E-state index in [-0.39, 0.29) is 12.4 Å². The van der Waals surface area contributed by atoms with Crippen LogP contribution in [0.25, 0.3) is 0 Å². The van der Waals surface area contributed by atoms with Gasteiger partial charge in [0.25, 0.3) is 0 Å². The van der Waals surface area contributed by atoms with Crippen LogP contribution in [0.3, 0.4) is 0 Å². The van der Waals surface area contributed by atoms with Gasteiger partial charge in [0.05, 0.1) is 13.2 Å². The number of aryl methyl sites for hydroxylation is 2. The number of hydrogen-bond donors (Lipinski definition) is 2. The Morgan fingerprint density at radius 1 is 0.955 bits per heavy atom. The second-order valence-corrected chi connectivity index (χ2v) is 5.47. The SMILES string of the molecule is CCCCOc1ccc(CCc2ccc(CO)c(O)c2)cc1. The highest BCUT2D eigenvalue weighted by Crippen LogP contribution is 2.20. The van der Waals surface area contributed by atoms with Gasteiger partial charge in [-0.25, -0.2) is 0 Å². The molecule has 0 fully saturated rings. The van der Waals surface area contributed by atoms with Gasteiger partial charge in [0.1, 0.15) is 11.5 Å². The second-order valence-electron chi connectivity index (χ2n) is 5.47. The molecule has 0 heterocycles. The maximum absolute atomic E-state index is 9.75. The third kappa shape index (κ3) is 4.78. The molecule has 2 aromatic rings. The second kappa shape index (κ2) is 8.44. The van der Waals surface area contributed by atoms with Crippen molar-refractivity contribution in [2.75, 3.05) is 6.61 Å². The minimum absolute atomic E-state index is 0.133. The number of benzene rings is 2. The van der Waals surface area contributed by atoms with Crippen molar-refractivity contribution < 1.29 is 14.9 Å². The molecule has 3 heteroatoms. The van der Waals surface area contributed by atoms with Crippen LogP contribution in [0.15, 0.2) is 42.5 Å². The number of rotatable bonds is 8. The fourth-order valence-electron chi connectivity index (χ4n) is 2.27. The zero-order valence-electron chi connectivity index (χ0n) is 13.1. The molecule has 2 N–H and O–H groups in total. The maximum atomic E-state index is 9.75. The van der Waals surface area contributed by atoms with E-state index in [1.165, 1.54) is 5.56 Å². The first-order chi connectivity index (χ1) is 10.7. The summed E-state index contributed by atoms with van der Waals surface area (Å²) in [6, 6.07) is 13.7. The van der Waals surface area contributed by atoms with Crippen LogP contribution >= 0.6 is 0 Å². The van der Waals surface area contributed by atoms with Crippen LogP contribution in [-0.4, -0.2) is 16.8 Å². The average molecular weight is 300 g/mol. The summed E-state index contributed by atoms with van der Waals surface area (Å²) >= 11 is 0. The number of phenols is 1. The lowest BCUT2D eigenvalue weighted by Crippen LogP contribution is -1.97. The molecule has 118 valence electrons. The summed E-state index contributed by atoms with van der Waals surface area (Å²) in [5, 5.41) is 18.8. The van der Waals surface area contributed by atoms with Crippen molar-refractivity contribution in [2.24, 2.45) is 0 Å². The largest absolute Gasteiger partial charge is 0.508 e. The molecule has 0 aliphatic rings. The summed E-state index contributed by atoms with van der Waals surface area (Å²) in [6.07, 6.45) is 3.98. The number of ether oxygens (including phenoxy) is 1. The summed E-state index contributed by atoms with van der Waals surface area (Å²) < 4.78 is 5.65. The lowest BCUT2D eigenvalue weighted by atomic mass is 10.0. The minimum atomic E-state index is -0.133. The Hall–Kier alpha value is -2.00. The van der Waals surface area contributed by atoms with Gasteiger partial charge in [-0.3, -0.25) is 0 Å². The van der Waals surface area contributed by atoms with Crippen LogP contribution in [0, 0.1) is 0 Å². The van der Waals surface area contributed by atoms with E-state index in [1.807, 2.05) is 18.2 Å². The normalized spacial score (nSPS) is 10.6. The summed E-state index contributed by atoms with van der Waals surface area (Å²) in [6.45, 7) is 2.79. The maximum Gasteiger partial charge on any atom is 0.121 e. The smallest absolute Gasteiger partial charge is 0.121 e. The summed E-state index contributed by atoms with van der Waals surface area (Å²) in [5.41, 5.74) is 2.88. The molecule has 0 saturated carbocycles. The van der Waals surface area contributed by atoms with Crippen molar-refractivity contribution in [3.63, 3.8) is 0 Å². The topological polar surface area (TPSA) is 49.7 Å². The van der Waals surface area contributed by atoms with E-state index in [0.717, 1.165) is 43.6 Å². The van der Waals surface area contributed by atoms with E-state index in [2.05, 4.69) is 19.1 Å². The van der Waals surface area contributed by atoms with Crippen molar-refractivity contribution in [2.45, 2.75) is 39.2 Å². The monoisotopic (exact) mass is 300 g/mol. The fourth-order valence-corrected chi connectivity index (χ4v) is 2.27. The molecule has 0 spiro atoms. The molecule has 0 aliphatic heterocycles. The van der Waals surface area contributed by atoms with Gasteiger partial charge in [0, 0.05) is 5.56 Å². The standard InChI is InChI=1S/C19H24O3/c1-2-3-12-22-18-10-7-15(8-11-18)4-5-16-6-9-17(14-20)19(21)13-16/h6-11,13,20-21H,2-5,12,14H2,1H3. The first-order valence-electron chi connectivity index (χ1n) is 7.86. The van der Waals surface area contributed by atoms with Crippen LogP contribution in [0.5, 0.6) is 11.5 Å². The van der Waals surface area contributed by atoms with Gasteiger partial charge in [0.15, 0.2) is 0 Å². The van der Waals surface area contributed by atoms with Crippen LogP contribution in [0.2, 0.25) is 0 Å². The Bertz CT molecular complexity index is 576. The molecule has 22 heavy (non-hydrogen) atoms. The molecule has 2 aromatic carbocycles. The van der Waals surface area contributed by atoms with Crippen molar-refractivity contribution in [1.29, 1.82) is 0 Å². The summed E-state index contributed by atoms with van der Waals surface area (Å²) in [5.74, 6) is 1.09.